The minimum atomic E-state index is -1.28. The van der Waals surface area contributed by atoms with Crippen LogP contribution in [0.25, 0.3) is 0 Å². The second-order valence-corrected chi connectivity index (χ2v) is 8.19. The van der Waals surface area contributed by atoms with Crippen molar-refractivity contribution >= 4 is 23.8 Å². The Bertz CT molecular complexity index is 752. The number of hydrogen-bond donors (Lipinski definition) is 2. The molecule has 162 valence electrons. The minimum Gasteiger partial charge on any atom is -0.445 e. The number of benzene rings is 1. The molecule has 2 amide bonds. The Labute approximate surface area is 175 Å². The Hall–Kier alpha value is -2.90. The highest BCUT2D eigenvalue weighted by atomic mass is 16.6. The largest absolute Gasteiger partial charge is 0.445 e. The maximum Gasteiger partial charge on any atom is 0.339 e. The van der Waals surface area contributed by atoms with Gasteiger partial charge in [0.25, 0.3) is 11.8 Å². The number of hydrogen-bond acceptors (Lipinski definition) is 6. The summed E-state index contributed by atoms with van der Waals surface area (Å²) in [6, 6.07) is 5.70. The summed E-state index contributed by atoms with van der Waals surface area (Å²) in [7, 11) is 0. The van der Waals surface area contributed by atoms with E-state index in [-0.39, 0.29) is 11.1 Å². The summed E-state index contributed by atoms with van der Waals surface area (Å²) in [5, 5.41) is 0. The van der Waals surface area contributed by atoms with Gasteiger partial charge in [0.05, 0.1) is 11.1 Å². The molecule has 2 aliphatic carbocycles. The molecule has 0 atom stereocenters. The molecule has 30 heavy (non-hydrogen) atoms. The van der Waals surface area contributed by atoms with E-state index in [1.807, 2.05) is 0 Å². The first-order chi connectivity index (χ1) is 14.3. The number of nitrogens with two attached hydrogens (primary N) is 2. The zero-order valence-electron chi connectivity index (χ0n) is 17.0. The van der Waals surface area contributed by atoms with Crippen LogP contribution in [0.1, 0.15) is 84.9 Å². The van der Waals surface area contributed by atoms with Crippen molar-refractivity contribution in [3.63, 3.8) is 0 Å². The Morgan fingerprint density at radius 2 is 0.900 bits per heavy atom. The van der Waals surface area contributed by atoms with Gasteiger partial charge in [0, 0.05) is 0 Å². The first-order valence-corrected chi connectivity index (χ1v) is 10.4. The highest BCUT2D eigenvalue weighted by Gasteiger charge is 2.43. The maximum atomic E-state index is 12.6. The molecule has 0 heterocycles. The summed E-state index contributed by atoms with van der Waals surface area (Å²) in [4.78, 5) is 48.9. The predicted molar refractivity (Wildman–Crippen MR) is 107 cm³/mol. The topological polar surface area (TPSA) is 139 Å². The fourth-order valence-corrected chi connectivity index (χ4v) is 4.26. The van der Waals surface area contributed by atoms with Gasteiger partial charge in [-0.25, -0.2) is 9.59 Å². The molecule has 0 aromatic heterocycles. The summed E-state index contributed by atoms with van der Waals surface area (Å²) in [6.45, 7) is 0. The van der Waals surface area contributed by atoms with Crippen molar-refractivity contribution in [1.29, 1.82) is 0 Å². The van der Waals surface area contributed by atoms with Gasteiger partial charge in [-0.15, -0.1) is 0 Å². The molecule has 2 saturated carbocycles. The van der Waals surface area contributed by atoms with E-state index in [2.05, 4.69) is 0 Å². The molecular weight excluding hydrogens is 388 g/mol. The molecule has 1 aromatic carbocycles. The van der Waals surface area contributed by atoms with E-state index in [9.17, 15) is 19.2 Å². The van der Waals surface area contributed by atoms with E-state index >= 15 is 0 Å². The molecule has 0 radical (unpaired) electrons. The summed E-state index contributed by atoms with van der Waals surface area (Å²) in [6.07, 6.45) is 6.64. The Morgan fingerprint density at radius 1 is 0.600 bits per heavy atom. The maximum absolute atomic E-state index is 12.6. The molecule has 0 spiro atoms. The number of amides is 2. The molecule has 3 rings (SSSR count). The van der Waals surface area contributed by atoms with Gasteiger partial charge in [-0.3, -0.25) is 9.59 Å². The Morgan fingerprint density at radius 3 is 1.17 bits per heavy atom. The fourth-order valence-electron chi connectivity index (χ4n) is 4.26. The van der Waals surface area contributed by atoms with Crippen LogP contribution in [0, 0.1) is 0 Å². The zero-order valence-corrected chi connectivity index (χ0v) is 17.0. The van der Waals surface area contributed by atoms with Gasteiger partial charge in [0.15, 0.2) is 11.2 Å². The van der Waals surface area contributed by atoms with Gasteiger partial charge in [0.2, 0.25) is 0 Å². The van der Waals surface area contributed by atoms with E-state index in [4.69, 9.17) is 20.9 Å². The second kappa shape index (κ2) is 8.85. The third-order valence-electron chi connectivity index (χ3n) is 6.15. The molecule has 2 aliphatic rings. The number of carbonyl (C=O) groups excluding carboxylic acids is 4. The Balaban J connectivity index is 1.69. The smallest absolute Gasteiger partial charge is 0.339 e. The highest BCUT2D eigenvalue weighted by molar-refractivity contribution is 5.96. The molecule has 0 unspecified atom stereocenters. The molecule has 0 bridgehead atoms. The van der Waals surface area contributed by atoms with E-state index < -0.39 is 35.0 Å². The lowest BCUT2D eigenvalue weighted by Crippen LogP contribution is -2.49. The van der Waals surface area contributed by atoms with Crippen molar-refractivity contribution in [2.24, 2.45) is 11.5 Å². The van der Waals surface area contributed by atoms with Crippen LogP contribution in [-0.2, 0) is 19.1 Å². The van der Waals surface area contributed by atoms with Gasteiger partial charge in [-0.2, -0.15) is 0 Å². The normalized spacial score (nSPS) is 20.0. The van der Waals surface area contributed by atoms with Gasteiger partial charge in [-0.05, 0) is 75.6 Å². The van der Waals surface area contributed by atoms with Crippen molar-refractivity contribution in [3.05, 3.63) is 35.4 Å². The lowest BCUT2D eigenvalue weighted by atomic mass is 9.84. The van der Waals surface area contributed by atoms with Crippen molar-refractivity contribution in [2.75, 3.05) is 0 Å². The number of carbonyl (C=O) groups is 4. The van der Waals surface area contributed by atoms with Crippen molar-refractivity contribution in [3.8, 4) is 0 Å². The fraction of sp³-hybridized carbons (Fsp3) is 0.545. The summed E-state index contributed by atoms with van der Waals surface area (Å²) in [5.74, 6) is -2.62. The average molecular weight is 416 g/mol. The van der Waals surface area contributed by atoms with Crippen molar-refractivity contribution < 1.29 is 28.7 Å². The van der Waals surface area contributed by atoms with Gasteiger partial charge < -0.3 is 20.9 Å². The lowest BCUT2D eigenvalue weighted by molar-refractivity contribution is -0.141. The number of primary amides is 2. The highest BCUT2D eigenvalue weighted by Crippen LogP contribution is 2.33. The van der Waals surface area contributed by atoms with E-state index in [0.29, 0.717) is 25.7 Å². The molecule has 1 aromatic rings. The third-order valence-corrected chi connectivity index (χ3v) is 6.15. The van der Waals surface area contributed by atoms with Crippen molar-refractivity contribution in [2.45, 2.75) is 75.4 Å². The van der Waals surface area contributed by atoms with Crippen LogP contribution in [-0.4, -0.2) is 35.0 Å². The van der Waals surface area contributed by atoms with Gasteiger partial charge in [-0.1, -0.05) is 12.8 Å². The Kier molecular flexibility index (Phi) is 6.43. The molecule has 0 saturated heterocycles. The second-order valence-electron chi connectivity index (χ2n) is 8.19. The molecule has 8 heteroatoms. The van der Waals surface area contributed by atoms with Crippen LogP contribution in [0.4, 0.5) is 0 Å². The van der Waals surface area contributed by atoms with Crippen LogP contribution in [0.3, 0.4) is 0 Å². The number of esters is 2. The standard InChI is InChI=1S/C22H28N2O6/c23-19(27)21(11-3-1-4-12-21)29-17(25)15-7-9-16(10-8-15)18(26)30-22(20(24)28)13-5-2-6-14-22/h7-10H,1-6,11-14H2,(H2,23,27)(H2,24,28). The molecule has 4 N–H and O–H groups in total. The first kappa shape index (κ1) is 21.8. The van der Waals surface area contributed by atoms with Crippen LogP contribution < -0.4 is 11.5 Å². The number of rotatable bonds is 6. The molecule has 2 fully saturated rings. The molecule has 0 aliphatic heterocycles. The van der Waals surface area contributed by atoms with E-state index in [1.165, 1.54) is 24.3 Å². The SMILES string of the molecule is NC(=O)C1(OC(=O)c2ccc(C(=O)OC3(C(N)=O)CCCCC3)cc2)CCCCC1. The van der Waals surface area contributed by atoms with E-state index in [1.54, 1.807) is 0 Å². The van der Waals surface area contributed by atoms with Crippen LogP contribution in [0.2, 0.25) is 0 Å². The minimum absolute atomic E-state index is 0.194. The average Bonchev–Trinajstić information content (AvgIpc) is 2.75. The first-order valence-electron chi connectivity index (χ1n) is 10.4. The summed E-state index contributed by atoms with van der Waals surface area (Å²) >= 11 is 0. The molecular formula is C22H28N2O6. The van der Waals surface area contributed by atoms with Crippen molar-refractivity contribution in [1.82, 2.24) is 0 Å². The predicted octanol–water partition coefficient (Wildman–Crippen LogP) is 2.38. The summed E-state index contributed by atoms with van der Waals surface area (Å²) < 4.78 is 11.0. The molecule has 8 nitrogen and oxygen atoms in total. The van der Waals surface area contributed by atoms with Crippen LogP contribution in [0.15, 0.2) is 24.3 Å². The van der Waals surface area contributed by atoms with Gasteiger partial charge >= 0.3 is 11.9 Å². The van der Waals surface area contributed by atoms with Crippen LogP contribution in [0.5, 0.6) is 0 Å². The number of ether oxygens (including phenoxy) is 2. The van der Waals surface area contributed by atoms with E-state index in [0.717, 1.165) is 38.5 Å². The monoisotopic (exact) mass is 416 g/mol. The lowest BCUT2D eigenvalue weighted by Gasteiger charge is -2.34. The quantitative estimate of drug-likeness (QED) is 0.683. The van der Waals surface area contributed by atoms with Crippen LogP contribution >= 0.6 is 0 Å². The van der Waals surface area contributed by atoms with Gasteiger partial charge in [0.1, 0.15) is 0 Å². The third kappa shape index (κ3) is 4.47. The summed E-state index contributed by atoms with van der Waals surface area (Å²) in [5.41, 5.74) is 8.84. The zero-order chi connectivity index (χ0) is 21.8.